The minimum Gasteiger partial charge on any atom is -0.443 e. The second-order valence-corrected chi connectivity index (χ2v) is 5.53. The first kappa shape index (κ1) is 18.5. The van der Waals surface area contributed by atoms with Crippen molar-refractivity contribution in [3.63, 3.8) is 0 Å². The van der Waals surface area contributed by atoms with Crippen LogP contribution in [0.4, 0.5) is 9.59 Å². The first-order valence-electron chi connectivity index (χ1n) is 7.94. The third-order valence-corrected chi connectivity index (χ3v) is 3.06. The van der Waals surface area contributed by atoms with Crippen LogP contribution in [0, 0.1) is 0 Å². The highest BCUT2D eigenvalue weighted by Gasteiger charge is 2.27. The molecule has 0 aromatic heterocycles. The number of carbonyl (C=O) groups is 2. The fraction of sp³-hybridized carbons (Fsp3) is 0.263. The Hall–Kier alpha value is -2.86. The molecule has 0 N–H and O–H groups in total. The van der Waals surface area contributed by atoms with Crippen molar-refractivity contribution in [3.8, 4) is 0 Å². The Kier molecular flexibility index (Phi) is 6.98. The molecule has 25 heavy (non-hydrogen) atoms. The van der Waals surface area contributed by atoms with Crippen molar-refractivity contribution in [2.45, 2.75) is 33.2 Å². The molecule has 132 valence electrons. The van der Waals surface area contributed by atoms with Crippen LogP contribution in [0.3, 0.4) is 0 Å². The maximum absolute atomic E-state index is 12.2. The lowest BCUT2D eigenvalue weighted by molar-refractivity contribution is -0.146. The Labute approximate surface area is 146 Å². The number of benzene rings is 2. The molecule has 0 fully saturated rings. The van der Waals surface area contributed by atoms with Crippen LogP contribution < -0.4 is 0 Å². The lowest BCUT2D eigenvalue weighted by Gasteiger charge is -2.21. The van der Waals surface area contributed by atoms with Crippen molar-refractivity contribution in [2.75, 3.05) is 0 Å². The molecule has 0 saturated carbocycles. The van der Waals surface area contributed by atoms with Crippen LogP contribution in [0.5, 0.6) is 0 Å². The van der Waals surface area contributed by atoms with Gasteiger partial charge in [-0.2, -0.15) is 0 Å². The van der Waals surface area contributed by atoms with Crippen LogP contribution >= 0.6 is 0 Å². The molecule has 2 amide bonds. The highest BCUT2D eigenvalue weighted by Crippen LogP contribution is 2.09. The van der Waals surface area contributed by atoms with E-state index < -0.39 is 18.3 Å². The summed E-state index contributed by atoms with van der Waals surface area (Å²) in [6, 6.07) is 18.3. The molecule has 0 heterocycles. The van der Waals surface area contributed by atoms with Crippen LogP contribution in [-0.2, 0) is 27.5 Å². The van der Waals surface area contributed by atoms with Crippen molar-refractivity contribution in [1.29, 1.82) is 0 Å². The molecule has 0 aliphatic rings. The standard InChI is InChI=1S/C19H21NO5/c1-15(2)25-20(18(21)23-13-16-9-5-3-6-10-16)19(22)24-14-17-11-7-4-8-12-17/h3-12,15H,13-14H2,1-2H3. The summed E-state index contributed by atoms with van der Waals surface area (Å²) in [7, 11) is 0. The fourth-order valence-electron chi connectivity index (χ4n) is 1.93. The van der Waals surface area contributed by atoms with Gasteiger partial charge in [-0.05, 0) is 25.0 Å². The van der Waals surface area contributed by atoms with Crippen molar-refractivity contribution in [2.24, 2.45) is 0 Å². The van der Waals surface area contributed by atoms with Gasteiger partial charge in [0.05, 0.1) is 6.10 Å². The van der Waals surface area contributed by atoms with E-state index in [1.54, 1.807) is 13.8 Å². The van der Waals surface area contributed by atoms with Crippen molar-refractivity contribution >= 4 is 12.2 Å². The van der Waals surface area contributed by atoms with Gasteiger partial charge in [-0.15, -0.1) is 0 Å². The summed E-state index contributed by atoms with van der Waals surface area (Å²) in [5, 5.41) is 0.510. The van der Waals surface area contributed by atoms with Crippen molar-refractivity contribution in [1.82, 2.24) is 5.06 Å². The molecule has 0 aliphatic heterocycles. The Morgan fingerprint density at radius 3 is 1.56 bits per heavy atom. The fourth-order valence-corrected chi connectivity index (χ4v) is 1.93. The molecule has 2 rings (SSSR count). The van der Waals surface area contributed by atoms with Crippen LogP contribution in [0.25, 0.3) is 0 Å². The molecule has 0 atom stereocenters. The van der Waals surface area contributed by atoms with E-state index in [9.17, 15) is 9.59 Å². The maximum Gasteiger partial charge on any atom is 0.444 e. The normalized spacial score (nSPS) is 10.4. The number of carbonyl (C=O) groups excluding carboxylic acids is 2. The molecule has 0 bridgehead atoms. The molecule has 6 nitrogen and oxygen atoms in total. The van der Waals surface area contributed by atoms with Crippen LogP contribution in [0.1, 0.15) is 25.0 Å². The van der Waals surface area contributed by atoms with E-state index in [0.717, 1.165) is 11.1 Å². The summed E-state index contributed by atoms with van der Waals surface area (Å²) < 4.78 is 10.3. The third-order valence-electron chi connectivity index (χ3n) is 3.06. The van der Waals surface area contributed by atoms with Crippen molar-refractivity contribution < 1.29 is 23.9 Å². The quantitative estimate of drug-likeness (QED) is 0.732. The first-order chi connectivity index (χ1) is 12.1. The number of nitrogens with zero attached hydrogens (tertiary/aromatic N) is 1. The number of hydrogen-bond donors (Lipinski definition) is 0. The van der Waals surface area contributed by atoms with E-state index in [1.807, 2.05) is 60.7 Å². The van der Waals surface area contributed by atoms with Gasteiger partial charge in [-0.25, -0.2) is 9.59 Å². The Morgan fingerprint density at radius 1 is 0.800 bits per heavy atom. The SMILES string of the molecule is CC(C)ON(C(=O)OCc1ccccc1)C(=O)OCc1ccccc1. The van der Waals surface area contributed by atoms with Gasteiger partial charge in [0, 0.05) is 0 Å². The number of imide groups is 1. The van der Waals surface area contributed by atoms with Gasteiger partial charge in [0.25, 0.3) is 0 Å². The molecular weight excluding hydrogens is 322 g/mol. The number of hydrogen-bond acceptors (Lipinski definition) is 5. The second kappa shape index (κ2) is 9.44. The summed E-state index contributed by atoms with van der Waals surface area (Å²) >= 11 is 0. The van der Waals surface area contributed by atoms with Gasteiger partial charge < -0.3 is 9.47 Å². The Morgan fingerprint density at radius 2 is 1.20 bits per heavy atom. The molecular formula is C19H21NO5. The second-order valence-electron chi connectivity index (χ2n) is 5.53. The summed E-state index contributed by atoms with van der Waals surface area (Å²) in [5.41, 5.74) is 1.61. The lowest BCUT2D eigenvalue weighted by atomic mass is 10.2. The van der Waals surface area contributed by atoms with Gasteiger partial charge in [0.15, 0.2) is 0 Å². The number of rotatable bonds is 6. The van der Waals surface area contributed by atoms with E-state index >= 15 is 0 Å². The zero-order valence-corrected chi connectivity index (χ0v) is 14.3. The monoisotopic (exact) mass is 343 g/mol. The van der Waals surface area contributed by atoms with E-state index in [4.69, 9.17) is 14.3 Å². The van der Waals surface area contributed by atoms with Gasteiger partial charge in [-0.3, -0.25) is 4.84 Å². The Bertz CT molecular complexity index is 617. The summed E-state index contributed by atoms with van der Waals surface area (Å²) in [6.07, 6.45) is -2.24. The maximum atomic E-state index is 12.2. The molecule has 6 heteroatoms. The average Bonchev–Trinajstić information content (AvgIpc) is 2.64. The molecule has 0 saturated heterocycles. The topological polar surface area (TPSA) is 65.1 Å². The first-order valence-corrected chi connectivity index (χ1v) is 7.94. The van der Waals surface area contributed by atoms with E-state index in [0.29, 0.717) is 5.06 Å². The van der Waals surface area contributed by atoms with Gasteiger partial charge >= 0.3 is 12.2 Å². The molecule has 0 spiro atoms. The predicted molar refractivity (Wildman–Crippen MR) is 91.3 cm³/mol. The van der Waals surface area contributed by atoms with Gasteiger partial charge in [0.2, 0.25) is 0 Å². The zero-order chi connectivity index (χ0) is 18.1. The van der Waals surface area contributed by atoms with Crippen LogP contribution in [-0.4, -0.2) is 23.4 Å². The molecule has 2 aromatic carbocycles. The highest BCUT2D eigenvalue weighted by atomic mass is 16.8. The van der Waals surface area contributed by atoms with Crippen LogP contribution in [0.15, 0.2) is 60.7 Å². The van der Waals surface area contributed by atoms with Gasteiger partial charge in [0.1, 0.15) is 13.2 Å². The average molecular weight is 343 g/mol. The van der Waals surface area contributed by atoms with E-state index in [1.165, 1.54) is 0 Å². The number of amides is 2. The van der Waals surface area contributed by atoms with E-state index in [-0.39, 0.29) is 13.2 Å². The molecule has 2 aromatic rings. The summed E-state index contributed by atoms with van der Waals surface area (Å²) in [4.78, 5) is 29.6. The Balaban J connectivity index is 1.93. The summed E-state index contributed by atoms with van der Waals surface area (Å²) in [6.45, 7) is 3.46. The molecule has 0 unspecified atom stereocenters. The largest absolute Gasteiger partial charge is 0.444 e. The highest BCUT2D eigenvalue weighted by molar-refractivity contribution is 5.86. The number of hydroxylamine groups is 2. The number of ether oxygens (including phenoxy) is 2. The van der Waals surface area contributed by atoms with Gasteiger partial charge in [-0.1, -0.05) is 65.7 Å². The molecule has 0 radical (unpaired) electrons. The minimum atomic E-state index is -0.921. The lowest BCUT2D eigenvalue weighted by Crippen LogP contribution is -2.39. The van der Waals surface area contributed by atoms with Crippen molar-refractivity contribution in [3.05, 3.63) is 71.8 Å². The van der Waals surface area contributed by atoms with E-state index in [2.05, 4.69) is 0 Å². The molecule has 0 aliphatic carbocycles. The summed E-state index contributed by atoms with van der Waals surface area (Å²) in [5.74, 6) is 0. The zero-order valence-electron chi connectivity index (χ0n) is 14.3. The predicted octanol–water partition coefficient (Wildman–Crippen LogP) is 4.30. The van der Waals surface area contributed by atoms with Crippen LogP contribution in [0.2, 0.25) is 0 Å². The smallest absolute Gasteiger partial charge is 0.443 e. The third kappa shape index (κ3) is 6.27. The minimum absolute atomic E-state index is 0.0313.